The highest BCUT2D eigenvalue weighted by molar-refractivity contribution is 6.32. The van der Waals surface area contributed by atoms with Crippen molar-refractivity contribution < 1.29 is 19.0 Å². The Morgan fingerprint density at radius 3 is 2.62 bits per heavy atom. The number of fused-ring (bicyclic) bond motifs is 1. The molecule has 0 radical (unpaired) electrons. The van der Waals surface area contributed by atoms with Gasteiger partial charge in [0.25, 0.3) is 5.91 Å². The number of carbonyl (C=O) groups is 1. The van der Waals surface area contributed by atoms with Crippen LogP contribution in [0.1, 0.15) is 28.4 Å². The highest BCUT2D eigenvalue weighted by Gasteiger charge is 2.23. The second kappa shape index (κ2) is 9.48. The standard InChI is InChI=1S/C22H25ClN2O4/c23-18-13-17(14-20-21(18)29-10-4-9-28-20)22(26)24-19(16-5-2-1-3-6-16)15-25-7-11-27-12-8-25/h1-3,5-6,13-14,19H,4,7-12,15H2,(H,24,26)/t19-/m0/s1. The summed E-state index contributed by atoms with van der Waals surface area (Å²) in [5, 5.41) is 3.56. The first-order chi connectivity index (χ1) is 14.2. The van der Waals surface area contributed by atoms with Gasteiger partial charge in [-0.05, 0) is 17.7 Å². The van der Waals surface area contributed by atoms with Gasteiger partial charge in [0.1, 0.15) is 0 Å². The van der Waals surface area contributed by atoms with Crippen molar-refractivity contribution in [1.82, 2.24) is 10.2 Å². The minimum atomic E-state index is -0.190. The molecule has 29 heavy (non-hydrogen) atoms. The van der Waals surface area contributed by atoms with Crippen molar-refractivity contribution in [1.29, 1.82) is 0 Å². The topological polar surface area (TPSA) is 60.0 Å². The maximum Gasteiger partial charge on any atom is 0.252 e. The molecule has 2 aromatic rings. The van der Waals surface area contributed by atoms with E-state index >= 15 is 0 Å². The van der Waals surface area contributed by atoms with Gasteiger partial charge in [-0.25, -0.2) is 0 Å². The number of carbonyl (C=O) groups excluding carboxylic acids is 1. The smallest absolute Gasteiger partial charge is 0.252 e. The fourth-order valence-corrected chi connectivity index (χ4v) is 3.83. The summed E-state index contributed by atoms with van der Waals surface area (Å²) in [6.07, 6.45) is 0.780. The second-order valence-electron chi connectivity index (χ2n) is 7.19. The predicted molar refractivity (Wildman–Crippen MR) is 111 cm³/mol. The molecule has 0 unspecified atom stereocenters. The van der Waals surface area contributed by atoms with Crippen LogP contribution in [0, 0.1) is 0 Å². The molecule has 0 aromatic heterocycles. The van der Waals surface area contributed by atoms with Gasteiger partial charge < -0.3 is 19.5 Å². The fourth-order valence-electron chi connectivity index (χ4n) is 3.57. The lowest BCUT2D eigenvalue weighted by Gasteiger charge is -2.31. The van der Waals surface area contributed by atoms with Gasteiger partial charge in [0, 0.05) is 31.6 Å². The number of morpholine rings is 1. The summed E-state index contributed by atoms with van der Waals surface area (Å²) in [7, 11) is 0. The third-order valence-electron chi connectivity index (χ3n) is 5.12. The summed E-state index contributed by atoms with van der Waals surface area (Å²) < 4.78 is 16.8. The average Bonchev–Trinajstić information content (AvgIpc) is 3.00. The monoisotopic (exact) mass is 416 g/mol. The first kappa shape index (κ1) is 20.0. The lowest BCUT2D eigenvalue weighted by atomic mass is 10.0. The predicted octanol–water partition coefficient (Wildman–Crippen LogP) is 3.30. The maximum atomic E-state index is 13.1. The fraction of sp³-hybridized carbons (Fsp3) is 0.409. The molecule has 0 saturated carbocycles. The summed E-state index contributed by atoms with van der Waals surface area (Å²) >= 11 is 6.37. The van der Waals surface area contributed by atoms with Crippen LogP contribution < -0.4 is 14.8 Å². The number of nitrogens with one attached hydrogen (secondary N) is 1. The van der Waals surface area contributed by atoms with E-state index < -0.39 is 0 Å². The minimum Gasteiger partial charge on any atom is -0.489 e. The van der Waals surface area contributed by atoms with Crippen molar-refractivity contribution in [3.63, 3.8) is 0 Å². The first-order valence-corrected chi connectivity index (χ1v) is 10.3. The van der Waals surface area contributed by atoms with Crippen LogP contribution in [0.25, 0.3) is 0 Å². The highest BCUT2D eigenvalue weighted by atomic mass is 35.5. The number of benzene rings is 2. The number of hydrogen-bond donors (Lipinski definition) is 1. The van der Waals surface area contributed by atoms with E-state index in [9.17, 15) is 4.79 Å². The van der Waals surface area contributed by atoms with E-state index in [1.165, 1.54) is 0 Å². The van der Waals surface area contributed by atoms with Crippen molar-refractivity contribution in [2.45, 2.75) is 12.5 Å². The molecule has 1 saturated heterocycles. The van der Waals surface area contributed by atoms with Crippen molar-refractivity contribution in [3.8, 4) is 11.5 Å². The van der Waals surface area contributed by atoms with Crippen LogP contribution in [0.5, 0.6) is 11.5 Å². The van der Waals surface area contributed by atoms with Gasteiger partial charge in [-0.2, -0.15) is 0 Å². The maximum absolute atomic E-state index is 13.1. The lowest BCUT2D eigenvalue weighted by molar-refractivity contribution is 0.0332. The van der Waals surface area contributed by atoms with Crippen LogP contribution in [0.2, 0.25) is 5.02 Å². The first-order valence-electron chi connectivity index (χ1n) is 9.96. The molecule has 0 aliphatic carbocycles. The van der Waals surface area contributed by atoms with Gasteiger partial charge in [-0.15, -0.1) is 0 Å². The molecule has 4 rings (SSSR count). The SMILES string of the molecule is O=C(N[C@@H](CN1CCOCC1)c1ccccc1)c1cc(Cl)c2c(c1)OCCCO2. The Morgan fingerprint density at radius 1 is 1.07 bits per heavy atom. The quantitative estimate of drug-likeness (QED) is 0.810. The van der Waals surface area contributed by atoms with E-state index in [-0.39, 0.29) is 11.9 Å². The van der Waals surface area contributed by atoms with Crippen LogP contribution in [-0.4, -0.2) is 56.9 Å². The summed E-state index contributed by atoms with van der Waals surface area (Å²) in [6.45, 7) is 4.95. The van der Waals surface area contributed by atoms with Crippen LogP contribution >= 0.6 is 11.6 Å². The molecule has 2 heterocycles. The van der Waals surface area contributed by atoms with Gasteiger partial charge in [0.15, 0.2) is 11.5 Å². The molecule has 1 N–H and O–H groups in total. The largest absolute Gasteiger partial charge is 0.489 e. The Labute approximate surface area is 175 Å². The van der Waals surface area contributed by atoms with Gasteiger partial charge in [-0.1, -0.05) is 41.9 Å². The zero-order chi connectivity index (χ0) is 20.1. The highest BCUT2D eigenvalue weighted by Crippen LogP contribution is 2.38. The number of amides is 1. The van der Waals surface area contributed by atoms with Gasteiger partial charge in [0.2, 0.25) is 0 Å². The summed E-state index contributed by atoms with van der Waals surface area (Å²) in [4.78, 5) is 15.4. The zero-order valence-corrected chi connectivity index (χ0v) is 17.0. The van der Waals surface area contributed by atoms with Crippen LogP contribution in [0.4, 0.5) is 0 Å². The van der Waals surface area contributed by atoms with Gasteiger partial charge >= 0.3 is 0 Å². The summed E-state index contributed by atoms with van der Waals surface area (Å²) in [6, 6.07) is 13.2. The molecule has 1 fully saturated rings. The van der Waals surface area contributed by atoms with E-state index in [0.29, 0.717) is 48.5 Å². The molecule has 6 nitrogen and oxygen atoms in total. The number of ether oxygens (including phenoxy) is 3. The Morgan fingerprint density at radius 2 is 1.83 bits per heavy atom. The van der Waals surface area contributed by atoms with Crippen LogP contribution in [0.3, 0.4) is 0 Å². The Hall–Kier alpha value is -2.28. The minimum absolute atomic E-state index is 0.142. The third kappa shape index (κ3) is 5.01. The van der Waals surface area contributed by atoms with E-state index in [0.717, 1.165) is 31.6 Å². The molecule has 2 aromatic carbocycles. The molecule has 154 valence electrons. The van der Waals surface area contributed by atoms with Crippen LogP contribution in [-0.2, 0) is 4.74 Å². The van der Waals surface area contributed by atoms with Crippen molar-refractivity contribution >= 4 is 17.5 Å². The van der Waals surface area contributed by atoms with Crippen molar-refractivity contribution in [2.75, 3.05) is 46.1 Å². The third-order valence-corrected chi connectivity index (χ3v) is 5.40. The van der Waals surface area contributed by atoms with E-state index in [1.807, 2.05) is 30.3 Å². The molecular weight excluding hydrogens is 392 g/mol. The Kier molecular flexibility index (Phi) is 6.54. The lowest BCUT2D eigenvalue weighted by Crippen LogP contribution is -2.43. The van der Waals surface area contributed by atoms with E-state index in [2.05, 4.69) is 10.2 Å². The molecular formula is C22H25ClN2O4. The second-order valence-corrected chi connectivity index (χ2v) is 7.59. The molecule has 2 aliphatic heterocycles. The van der Waals surface area contributed by atoms with Crippen molar-refractivity contribution in [3.05, 3.63) is 58.6 Å². The van der Waals surface area contributed by atoms with Gasteiger partial charge in [0.05, 0.1) is 37.5 Å². The van der Waals surface area contributed by atoms with Crippen molar-refractivity contribution in [2.24, 2.45) is 0 Å². The normalized spacial score (nSPS) is 18.0. The number of halogens is 1. The van der Waals surface area contributed by atoms with Crippen LogP contribution in [0.15, 0.2) is 42.5 Å². The Balaban J connectivity index is 1.54. The van der Waals surface area contributed by atoms with E-state index in [1.54, 1.807) is 12.1 Å². The van der Waals surface area contributed by atoms with Gasteiger partial charge in [-0.3, -0.25) is 9.69 Å². The zero-order valence-electron chi connectivity index (χ0n) is 16.2. The van der Waals surface area contributed by atoms with E-state index in [4.69, 9.17) is 25.8 Å². The number of nitrogens with zero attached hydrogens (tertiary/aromatic N) is 1. The molecule has 1 amide bonds. The summed E-state index contributed by atoms with van der Waals surface area (Å²) in [5.74, 6) is 0.836. The number of rotatable bonds is 5. The molecule has 0 bridgehead atoms. The molecule has 7 heteroatoms. The summed E-state index contributed by atoms with van der Waals surface area (Å²) in [5.41, 5.74) is 1.52. The molecule has 0 spiro atoms. The average molecular weight is 417 g/mol. The number of hydrogen-bond acceptors (Lipinski definition) is 5. The molecule has 2 aliphatic rings. The molecule has 1 atom stereocenters. The Bertz CT molecular complexity index is 840.